The van der Waals surface area contributed by atoms with Crippen molar-refractivity contribution in [3.63, 3.8) is 0 Å². The minimum absolute atomic E-state index is 0.0182. The maximum absolute atomic E-state index is 13.1. The van der Waals surface area contributed by atoms with Gasteiger partial charge >= 0.3 is 18.0 Å². The fourth-order valence-corrected chi connectivity index (χ4v) is 4.63. The van der Waals surface area contributed by atoms with Crippen LogP contribution < -0.4 is 5.32 Å². The quantitative estimate of drug-likeness (QED) is 0.391. The van der Waals surface area contributed by atoms with Gasteiger partial charge in [0.25, 0.3) is 0 Å². The molecule has 4 rings (SSSR count). The Morgan fingerprint density at radius 3 is 2.65 bits per heavy atom. The van der Waals surface area contributed by atoms with Gasteiger partial charge in [0.15, 0.2) is 0 Å². The highest BCUT2D eigenvalue weighted by Crippen LogP contribution is 2.47. The van der Waals surface area contributed by atoms with E-state index in [4.69, 9.17) is 14.2 Å². The molecule has 8 nitrogen and oxygen atoms in total. The van der Waals surface area contributed by atoms with Gasteiger partial charge in [0.05, 0.1) is 31.4 Å². The van der Waals surface area contributed by atoms with Crippen LogP contribution in [0.1, 0.15) is 40.9 Å². The molecule has 1 fully saturated rings. The first kappa shape index (κ1) is 23.4. The summed E-state index contributed by atoms with van der Waals surface area (Å²) in [6.07, 6.45) is 3.49. The molecule has 8 heteroatoms. The summed E-state index contributed by atoms with van der Waals surface area (Å²) < 4.78 is 15.5. The highest BCUT2D eigenvalue weighted by Gasteiger charge is 2.46. The molecule has 0 bridgehead atoms. The molecule has 2 heterocycles. The van der Waals surface area contributed by atoms with Crippen molar-refractivity contribution in [3.8, 4) is 0 Å². The van der Waals surface area contributed by atoms with E-state index in [2.05, 4.69) is 5.32 Å². The highest BCUT2D eigenvalue weighted by atomic mass is 16.6. The van der Waals surface area contributed by atoms with E-state index in [-0.39, 0.29) is 24.6 Å². The summed E-state index contributed by atoms with van der Waals surface area (Å²) in [6, 6.07) is 14.2. The Morgan fingerprint density at radius 1 is 1.12 bits per heavy atom. The zero-order valence-corrected chi connectivity index (χ0v) is 19.2. The van der Waals surface area contributed by atoms with Crippen molar-refractivity contribution >= 4 is 23.7 Å². The number of nitrogens with one attached hydrogen (secondary N) is 1. The lowest BCUT2D eigenvalue weighted by Gasteiger charge is -2.38. The topological polar surface area (TPSA) is 94.2 Å². The Labute approximate surface area is 198 Å². The van der Waals surface area contributed by atoms with Crippen molar-refractivity contribution in [2.24, 2.45) is 5.92 Å². The van der Waals surface area contributed by atoms with E-state index in [1.165, 1.54) is 13.2 Å². The highest BCUT2D eigenvalue weighted by molar-refractivity contribution is 5.90. The molecule has 0 aliphatic carbocycles. The van der Waals surface area contributed by atoms with Gasteiger partial charge in [0, 0.05) is 24.2 Å². The number of fused-ring (bicyclic) bond motifs is 3. The van der Waals surface area contributed by atoms with Crippen molar-refractivity contribution in [1.82, 2.24) is 4.90 Å². The number of hydrogen-bond donors (Lipinski definition) is 1. The number of nitrogens with zero attached hydrogens (tertiary/aromatic N) is 1. The molecular formula is C26H28N2O6. The fourth-order valence-electron chi connectivity index (χ4n) is 4.63. The molecule has 178 valence electrons. The number of methoxy groups -OCH3 is 1. The monoisotopic (exact) mass is 464 g/mol. The number of esters is 2. The third-order valence-electron chi connectivity index (χ3n) is 6.19. The maximum atomic E-state index is 13.1. The second kappa shape index (κ2) is 10.4. The van der Waals surface area contributed by atoms with Gasteiger partial charge < -0.3 is 24.4 Å². The van der Waals surface area contributed by atoms with Crippen LogP contribution in [0, 0.1) is 5.92 Å². The van der Waals surface area contributed by atoms with Crippen molar-refractivity contribution in [2.45, 2.75) is 32.0 Å². The van der Waals surface area contributed by atoms with Gasteiger partial charge in [-0.05, 0) is 42.7 Å². The standard InChI is InChI=1S/C26H28N2O6/c1-3-33-23(29)12-11-21-19-13-14-28(26(31)34-16-17-7-5-4-6-8-17)24(19)20-15-18(25(30)32-2)9-10-22(20)27-21/h4-12,15,19,21,24,27H,3,13-14,16H2,1-2H3/b12-11+/t19-,21-,24-/m0/s1. The summed E-state index contributed by atoms with van der Waals surface area (Å²) in [5.74, 6) is -0.875. The number of ether oxygens (including phenoxy) is 3. The summed E-state index contributed by atoms with van der Waals surface area (Å²) in [6.45, 7) is 2.72. The van der Waals surface area contributed by atoms with Crippen LogP contribution in [0.4, 0.5) is 10.5 Å². The third kappa shape index (κ3) is 4.90. The van der Waals surface area contributed by atoms with E-state index < -0.39 is 18.0 Å². The van der Waals surface area contributed by atoms with Crippen molar-refractivity contribution < 1.29 is 28.6 Å². The van der Waals surface area contributed by atoms with Crippen LogP contribution >= 0.6 is 0 Å². The number of carbonyl (C=O) groups excluding carboxylic acids is 3. The van der Waals surface area contributed by atoms with Gasteiger partial charge in [0.2, 0.25) is 0 Å². The van der Waals surface area contributed by atoms with Gasteiger partial charge in [-0.25, -0.2) is 14.4 Å². The molecule has 1 saturated heterocycles. The van der Waals surface area contributed by atoms with Crippen molar-refractivity contribution in [2.75, 3.05) is 25.6 Å². The summed E-state index contributed by atoms with van der Waals surface area (Å²) in [7, 11) is 1.34. The molecule has 34 heavy (non-hydrogen) atoms. The summed E-state index contributed by atoms with van der Waals surface area (Å²) in [5, 5.41) is 3.44. The number of hydrogen-bond acceptors (Lipinski definition) is 7. The van der Waals surface area contributed by atoms with Gasteiger partial charge in [-0.2, -0.15) is 0 Å². The first-order valence-corrected chi connectivity index (χ1v) is 11.3. The Balaban J connectivity index is 1.62. The number of anilines is 1. The molecule has 2 aliphatic rings. The lowest BCUT2D eigenvalue weighted by Crippen LogP contribution is -2.40. The van der Waals surface area contributed by atoms with Gasteiger partial charge in [-0.15, -0.1) is 0 Å². The van der Waals surface area contributed by atoms with E-state index >= 15 is 0 Å². The lowest BCUT2D eigenvalue weighted by atomic mass is 9.82. The number of likely N-dealkylation sites (tertiary alicyclic amines) is 1. The minimum Gasteiger partial charge on any atom is -0.465 e. The molecule has 0 saturated carbocycles. The number of carbonyl (C=O) groups is 3. The third-order valence-corrected chi connectivity index (χ3v) is 6.19. The molecule has 1 amide bonds. The lowest BCUT2D eigenvalue weighted by molar-refractivity contribution is -0.137. The van der Waals surface area contributed by atoms with E-state index in [9.17, 15) is 14.4 Å². The maximum Gasteiger partial charge on any atom is 0.410 e. The van der Waals surface area contributed by atoms with E-state index in [0.717, 1.165) is 16.8 Å². The predicted octanol–water partition coefficient (Wildman–Crippen LogP) is 4.09. The number of amides is 1. The van der Waals surface area contributed by atoms with Crippen LogP contribution in [0.25, 0.3) is 0 Å². The van der Waals surface area contributed by atoms with Crippen LogP contribution in [-0.4, -0.2) is 49.2 Å². The van der Waals surface area contributed by atoms with E-state index in [0.29, 0.717) is 25.1 Å². The first-order chi connectivity index (χ1) is 16.5. The average Bonchev–Trinajstić information content (AvgIpc) is 3.32. The molecule has 1 N–H and O–H groups in total. The van der Waals surface area contributed by atoms with E-state index in [1.807, 2.05) is 30.3 Å². The Hall–Kier alpha value is -3.81. The molecular weight excluding hydrogens is 436 g/mol. The zero-order valence-electron chi connectivity index (χ0n) is 19.2. The Kier molecular flexibility index (Phi) is 7.15. The van der Waals surface area contributed by atoms with Crippen LogP contribution in [-0.2, 0) is 25.6 Å². The second-order valence-electron chi connectivity index (χ2n) is 8.21. The van der Waals surface area contributed by atoms with Crippen molar-refractivity contribution in [3.05, 3.63) is 77.4 Å². The first-order valence-electron chi connectivity index (χ1n) is 11.3. The smallest absolute Gasteiger partial charge is 0.410 e. The molecule has 2 aliphatic heterocycles. The van der Waals surface area contributed by atoms with Gasteiger partial charge in [0.1, 0.15) is 6.61 Å². The number of rotatable bonds is 6. The van der Waals surface area contributed by atoms with Gasteiger partial charge in [-0.1, -0.05) is 36.4 Å². The van der Waals surface area contributed by atoms with Crippen LogP contribution in [0.5, 0.6) is 0 Å². The Morgan fingerprint density at radius 2 is 1.91 bits per heavy atom. The largest absolute Gasteiger partial charge is 0.465 e. The second-order valence-corrected chi connectivity index (χ2v) is 8.21. The summed E-state index contributed by atoms with van der Waals surface area (Å²) in [4.78, 5) is 38.9. The van der Waals surface area contributed by atoms with E-state index in [1.54, 1.807) is 36.1 Å². The molecule has 2 aromatic carbocycles. The molecule has 0 aromatic heterocycles. The normalized spacial score (nSPS) is 20.8. The Bertz CT molecular complexity index is 1080. The molecule has 0 spiro atoms. The molecule has 3 atom stereocenters. The predicted molar refractivity (Wildman–Crippen MR) is 125 cm³/mol. The minimum atomic E-state index is -0.445. The fraction of sp³-hybridized carbons (Fsp3) is 0.346. The molecule has 0 unspecified atom stereocenters. The zero-order chi connectivity index (χ0) is 24.1. The summed E-state index contributed by atoms with van der Waals surface area (Å²) >= 11 is 0. The van der Waals surface area contributed by atoms with Crippen LogP contribution in [0.2, 0.25) is 0 Å². The molecule has 0 radical (unpaired) electrons. The SMILES string of the molecule is CCOC(=O)/C=C/[C@@H]1Nc2ccc(C(=O)OC)cc2[C@@H]2[C@H]1CCN2C(=O)OCc1ccccc1. The van der Waals surface area contributed by atoms with Crippen LogP contribution in [0.3, 0.4) is 0 Å². The summed E-state index contributed by atoms with van der Waals surface area (Å²) in [5.41, 5.74) is 2.92. The average molecular weight is 465 g/mol. The molecule has 2 aromatic rings. The van der Waals surface area contributed by atoms with Crippen molar-refractivity contribution in [1.29, 1.82) is 0 Å². The van der Waals surface area contributed by atoms with Gasteiger partial charge in [-0.3, -0.25) is 0 Å². The van der Waals surface area contributed by atoms with Crippen LogP contribution in [0.15, 0.2) is 60.7 Å². The number of benzene rings is 2.